The molecule has 36 heavy (non-hydrogen) atoms. The van der Waals surface area contributed by atoms with E-state index in [1.807, 2.05) is 0 Å². The predicted octanol–water partition coefficient (Wildman–Crippen LogP) is 8.97. The standard InChI is InChI=1S/C34H26N2/c1-34(2)28-16-8-10-18-31(28)36-21-35-30-17-9-7-15-26(30)24-13-5-3-11-22(24)23-12-4-6-14-25(23)27-19-20-29(34)33(36)32(27)35/h3-20H,21H2,1-2H3. The second-order valence-corrected chi connectivity index (χ2v) is 10.6. The molecule has 0 N–H and O–H groups in total. The maximum Gasteiger partial charge on any atom is 0.100 e. The second kappa shape index (κ2) is 6.89. The van der Waals surface area contributed by atoms with Gasteiger partial charge in [-0.15, -0.1) is 0 Å². The van der Waals surface area contributed by atoms with Crippen LogP contribution in [0.2, 0.25) is 0 Å². The van der Waals surface area contributed by atoms with Crippen LogP contribution in [0.5, 0.6) is 0 Å². The number of benzene rings is 5. The van der Waals surface area contributed by atoms with Gasteiger partial charge >= 0.3 is 0 Å². The van der Waals surface area contributed by atoms with Crippen LogP contribution in [0.15, 0.2) is 109 Å². The maximum atomic E-state index is 2.56. The van der Waals surface area contributed by atoms with E-state index in [1.165, 1.54) is 65.9 Å². The molecule has 2 aliphatic rings. The Kier molecular flexibility index (Phi) is 3.82. The van der Waals surface area contributed by atoms with Gasteiger partial charge in [-0.1, -0.05) is 111 Å². The summed E-state index contributed by atoms with van der Waals surface area (Å²) in [5, 5.41) is 7.72. The lowest BCUT2D eigenvalue weighted by Gasteiger charge is -2.39. The van der Waals surface area contributed by atoms with E-state index in [-0.39, 0.29) is 5.41 Å². The van der Waals surface area contributed by atoms with Gasteiger partial charge in [0, 0.05) is 21.9 Å². The summed E-state index contributed by atoms with van der Waals surface area (Å²) in [6, 6.07) is 40.4. The van der Waals surface area contributed by atoms with E-state index < -0.39 is 0 Å². The summed E-state index contributed by atoms with van der Waals surface area (Å²) in [6.07, 6.45) is 0. The Labute approximate surface area is 210 Å². The summed E-state index contributed by atoms with van der Waals surface area (Å²) >= 11 is 0. The Morgan fingerprint density at radius 1 is 0.528 bits per heavy atom. The molecule has 0 saturated heterocycles. The molecule has 2 nitrogen and oxygen atoms in total. The number of anilines is 2. The molecule has 0 aliphatic carbocycles. The third kappa shape index (κ3) is 2.41. The van der Waals surface area contributed by atoms with Crippen molar-refractivity contribution < 1.29 is 0 Å². The summed E-state index contributed by atoms with van der Waals surface area (Å²) in [4.78, 5) is 2.54. The van der Waals surface area contributed by atoms with Crippen molar-refractivity contribution in [1.82, 2.24) is 4.57 Å². The second-order valence-electron chi connectivity index (χ2n) is 10.6. The minimum atomic E-state index is -0.0755. The molecule has 0 amide bonds. The van der Waals surface area contributed by atoms with Crippen LogP contribution >= 0.6 is 0 Å². The molecule has 0 atom stereocenters. The van der Waals surface area contributed by atoms with E-state index in [4.69, 9.17) is 0 Å². The molecule has 172 valence electrons. The van der Waals surface area contributed by atoms with Crippen molar-refractivity contribution in [3.8, 4) is 0 Å². The van der Waals surface area contributed by atoms with Crippen molar-refractivity contribution in [1.29, 1.82) is 0 Å². The van der Waals surface area contributed by atoms with Crippen molar-refractivity contribution in [2.24, 2.45) is 0 Å². The van der Waals surface area contributed by atoms with Gasteiger partial charge in [0.25, 0.3) is 0 Å². The molecular formula is C34H26N2. The SMILES string of the molecule is CC1(C)c2ccccc2N2Cn3c4ccccc4c4ccccc4c4ccccc4c4ccc1c2c43. The zero-order valence-corrected chi connectivity index (χ0v) is 20.5. The molecule has 0 radical (unpaired) electrons. The maximum absolute atomic E-state index is 2.56. The van der Waals surface area contributed by atoms with Gasteiger partial charge < -0.3 is 9.47 Å². The third-order valence-corrected chi connectivity index (χ3v) is 8.43. The first kappa shape index (κ1) is 19.9. The van der Waals surface area contributed by atoms with Gasteiger partial charge in [0.2, 0.25) is 0 Å². The van der Waals surface area contributed by atoms with Crippen LogP contribution in [0.3, 0.4) is 0 Å². The molecule has 6 aromatic rings. The molecule has 0 unspecified atom stereocenters. The number of hydrogen-bond acceptors (Lipinski definition) is 1. The molecule has 8 rings (SSSR count). The fourth-order valence-corrected chi connectivity index (χ4v) is 6.75. The third-order valence-electron chi connectivity index (χ3n) is 8.43. The highest BCUT2D eigenvalue weighted by Gasteiger charge is 2.40. The normalized spacial score (nSPS) is 15.0. The van der Waals surface area contributed by atoms with Gasteiger partial charge in [0.15, 0.2) is 0 Å². The molecule has 0 saturated carbocycles. The fraction of sp³-hybridized carbons (Fsp3) is 0.118. The smallest absolute Gasteiger partial charge is 0.100 e. The Balaban J connectivity index is 1.72. The number of para-hydroxylation sites is 2. The van der Waals surface area contributed by atoms with E-state index in [9.17, 15) is 0 Å². The molecular weight excluding hydrogens is 436 g/mol. The quantitative estimate of drug-likeness (QED) is 0.219. The van der Waals surface area contributed by atoms with E-state index >= 15 is 0 Å². The predicted molar refractivity (Wildman–Crippen MR) is 153 cm³/mol. The summed E-state index contributed by atoms with van der Waals surface area (Å²) in [7, 11) is 0. The molecule has 0 spiro atoms. The fourth-order valence-electron chi connectivity index (χ4n) is 6.75. The van der Waals surface area contributed by atoms with Gasteiger partial charge in [-0.3, -0.25) is 0 Å². The van der Waals surface area contributed by atoms with Crippen LogP contribution < -0.4 is 4.90 Å². The zero-order valence-electron chi connectivity index (χ0n) is 20.5. The van der Waals surface area contributed by atoms with Crippen LogP contribution in [0.25, 0.3) is 43.4 Å². The van der Waals surface area contributed by atoms with E-state index in [0.29, 0.717) is 0 Å². The lowest BCUT2D eigenvalue weighted by molar-refractivity contribution is 0.622. The summed E-state index contributed by atoms with van der Waals surface area (Å²) < 4.78 is 2.56. The first-order valence-electron chi connectivity index (χ1n) is 12.7. The zero-order chi connectivity index (χ0) is 24.0. The van der Waals surface area contributed by atoms with Crippen molar-refractivity contribution in [3.63, 3.8) is 0 Å². The van der Waals surface area contributed by atoms with Gasteiger partial charge in [-0.05, 0) is 44.8 Å². The number of aromatic nitrogens is 1. The van der Waals surface area contributed by atoms with Gasteiger partial charge in [0.1, 0.15) is 6.67 Å². The van der Waals surface area contributed by atoms with Crippen LogP contribution in [0.4, 0.5) is 11.4 Å². The van der Waals surface area contributed by atoms with Gasteiger partial charge in [0.05, 0.1) is 16.7 Å². The largest absolute Gasteiger partial charge is 0.320 e. The molecule has 0 bridgehead atoms. The van der Waals surface area contributed by atoms with Crippen LogP contribution in [-0.2, 0) is 12.1 Å². The first-order valence-corrected chi connectivity index (χ1v) is 12.7. The average Bonchev–Trinajstić information content (AvgIpc) is 3.33. The molecule has 3 heterocycles. The summed E-state index contributed by atoms with van der Waals surface area (Å²) in [5.74, 6) is 0. The Hall–Kier alpha value is -4.30. The number of hydrogen-bond donors (Lipinski definition) is 0. The Morgan fingerprint density at radius 2 is 1.08 bits per heavy atom. The highest BCUT2D eigenvalue weighted by atomic mass is 15.3. The van der Waals surface area contributed by atoms with E-state index in [1.54, 1.807) is 0 Å². The van der Waals surface area contributed by atoms with Gasteiger partial charge in [-0.25, -0.2) is 0 Å². The van der Waals surface area contributed by atoms with Crippen molar-refractivity contribution >= 4 is 54.7 Å². The minimum Gasteiger partial charge on any atom is -0.320 e. The first-order chi connectivity index (χ1) is 17.6. The number of fused-ring (bicyclic) bond motifs is 9. The molecule has 1 aromatic heterocycles. The number of rotatable bonds is 0. The highest BCUT2D eigenvalue weighted by molar-refractivity contribution is 6.21. The van der Waals surface area contributed by atoms with Gasteiger partial charge in [-0.2, -0.15) is 0 Å². The van der Waals surface area contributed by atoms with Crippen molar-refractivity contribution in [2.45, 2.75) is 25.9 Å². The van der Waals surface area contributed by atoms with Crippen LogP contribution in [0, 0.1) is 0 Å². The van der Waals surface area contributed by atoms with Crippen molar-refractivity contribution in [2.75, 3.05) is 4.90 Å². The lowest BCUT2D eigenvalue weighted by Crippen LogP contribution is -2.31. The topological polar surface area (TPSA) is 8.17 Å². The number of nitrogens with zero attached hydrogens (tertiary/aromatic N) is 2. The molecule has 5 aromatic carbocycles. The molecule has 0 fully saturated rings. The average molecular weight is 463 g/mol. The molecule has 2 heteroatoms. The molecule has 2 aliphatic heterocycles. The summed E-state index contributed by atoms with van der Waals surface area (Å²) in [6.45, 7) is 5.54. The Bertz CT molecular complexity index is 1960. The highest BCUT2D eigenvalue weighted by Crippen LogP contribution is 2.54. The Morgan fingerprint density at radius 3 is 1.81 bits per heavy atom. The summed E-state index contributed by atoms with van der Waals surface area (Å²) in [5.41, 5.74) is 7.97. The van der Waals surface area contributed by atoms with E-state index in [2.05, 4.69) is 133 Å². The monoisotopic (exact) mass is 462 g/mol. The van der Waals surface area contributed by atoms with Crippen molar-refractivity contribution in [3.05, 3.63) is 120 Å². The van der Waals surface area contributed by atoms with Crippen LogP contribution in [0.1, 0.15) is 25.0 Å². The lowest BCUT2D eigenvalue weighted by atomic mass is 9.73. The minimum absolute atomic E-state index is 0.0755. The van der Waals surface area contributed by atoms with E-state index in [0.717, 1.165) is 6.67 Å². The van der Waals surface area contributed by atoms with Crippen LogP contribution in [-0.4, -0.2) is 4.57 Å².